The smallest absolute Gasteiger partial charge is 0.389 e. The van der Waals surface area contributed by atoms with Crippen LogP contribution in [-0.4, -0.2) is 37.8 Å². The Kier molecular flexibility index (Phi) is 3.94. The lowest BCUT2D eigenvalue weighted by Gasteiger charge is -2.22. The van der Waals surface area contributed by atoms with Crippen LogP contribution in [0.1, 0.15) is 12.8 Å². The SMILES string of the molecule is Cn1nnc(-c2ccc(NC(=O)C3CC(=O)C3)cn2)c1OC(N)=O. The van der Waals surface area contributed by atoms with Crippen molar-refractivity contribution in [3.8, 4) is 17.3 Å². The first kappa shape index (κ1) is 15.6. The molecule has 2 aromatic heterocycles. The number of hydrogen-bond acceptors (Lipinski definition) is 7. The number of aryl methyl sites for hydroxylation is 1. The number of hydrogen-bond donors (Lipinski definition) is 2. The van der Waals surface area contributed by atoms with Crippen molar-refractivity contribution in [2.45, 2.75) is 12.8 Å². The topological polar surface area (TPSA) is 142 Å². The molecule has 0 aromatic carbocycles. The van der Waals surface area contributed by atoms with E-state index in [1.165, 1.54) is 10.9 Å². The zero-order chi connectivity index (χ0) is 17.3. The molecule has 0 radical (unpaired) electrons. The molecule has 1 fully saturated rings. The molecule has 3 N–H and O–H groups in total. The third-order valence-electron chi connectivity index (χ3n) is 3.57. The summed E-state index contributed by atoms with van der Waals surface area (Å²) < 4.78 is 6.12. The van der Waals surface area contributed by atoms with Crippen LogP contribution in [0.25, 0.3) is 11.4 Å². The molecule has 2 heterocycles. The molecule has 0 spiro atoms. The molecule has 1 saturated carbocycles. The number of ether oxygens (including phenoxy) is 1. The predicted molar refractivity (Wildman–Crippen MR) is 80.8 cm³/mol. The minimum Gasteiger partial charge on any atom is -0.389 e. The highest BCUT2D eigenvalue weighted by atomic mass is 16.6. The Hall–Kier alpha value is -3.30. The summed E-state index contributed by atoms with van der Waals surface area (Å²) in [6, 6.07) is 3.23. The number of carbonyl (C=O) groups is 3. The van der Waals surface area contributed by atoms with E-state index in [4.69, 9.17) is 10.5 Å². The Balaban J connectivity index is 1.74. The number of carbonyl (C=O) groups excluding carboxylic acids is 3. The molecule has 10 nitrogen and oxygen atoms in total. The second-order valence-electron chi connectivity index (χ2n) is 5.35. The van der Waals surface area contributed by atoms with Gasteiger partial charge < -0.3 is 15.8 Å². The van der Waals surface area contributed by atoms with Crippen molar-refractivity contribution in [3.05, 3.63) is 18.3 Å². The Bertz CT molecular complexity index is 805. The molecule has 2 aromatic rings. The van der Waals surface area contributed by atoms with E-state index in [1.807, 2.05) is 0 Å². The van der Waals surface area contributed by atoms with E-state index in [2.05, 4.69) is 20.6 Å². The minimum absolute atomic E-state index is 0.0692. The van der Waals surface area contributed by atoms with Crippen molar-refractivity contribution < 1.29 is 19.1 Å². The number of aromatic nitrogens is 4. The fraction of sp³-hybridized carbons (Fsp3) is 0.286. The molecule has 24 heavy (non-hydrogen) atoms. The van der Waals surface area contributed by atoms with Crippen molar-refractivity contribution in [2.75, 3.05) is 5.32 Å². The van der Waals surface area contributed by atoms with Crippen LogP contribution < -0.4 is 15.8 Å². The van der Waals surface area contributed by atoms with Gasteiger partial charge in [0.15, 0.2) is 5.69 Å². The fourth-order valence-corrected chi connectivity index (χ4v) is 2.25. The summed E-state index contributed by atoms with van der Waals surface area (Å²) in [4.78, 5) is 37.9. The standard InChI is InChI=1S/C14H14N6O4/c1-20-13(24-14(15)23)11(18-19-20)10-3-2-8(6-16-10)17-12(22)7-4-9(21)5-7/h2-3,6-7H,4-5H2,1H3,(H2,15,23)(H,17,22). The van der Waals surface area contributed by atoms with Gasteiger partial charge in [-0.2, -0.15) is 0 Å². The predicted octanol–water partition coefficient (Wildman–Crippen LogP) is 0.252. The lowest BCUT2D eigenvalue weighted by atomic mass is 9.83. The van der Waals surface area contributed by atoms with Crippen LogP contribution in [0.5, 0.6) is 5.88 Å². The van der Waals surface area contributed by atoms with E-state index in [-0.39, 0.29) is 42.0 Å². The van der Waals surface area contributed by atoms with Gasteiger partial charge in [0.25, 0.3) is 5.88 Å². The third kappa shape index (κ3) is 3.07. The second kappa shape index (κ2) is 6.07. The first-order valence-electron chi connectivity index (χ1n) is 7.10. The lowest BCUT2D eigenvalue weighted by molar-refractivity contribution is -0.135. The average Bonchev–Trinajstić information content (AvgIpc) is 2.85. The Morgan fingerprint density at radius 1 is 1.38 bits per heavy atom. The molecular formula is C14H14N6O4. The monoisotopic (exact) mass is 330 g/mol. The highest BCUT2D eigenvalue weighted by molar-refractivity contribution is 6.02. The van der Waals surface area contributed by atoms with Crippen LogP contribution in [0.15, 0.2) is 18.3 Å². The molecule has 1 aliphatic carbocycles. The molecule has 2 amide bonds. The zero-order valence-electron chi connectivity index (χ0n) is 12.7. The van der Waals surface area contributed by atoms with Crippen LogP contribution in [0.3, 0.4) is 0 Å². The van der Waals surface area contributed by atoms with E-state index >= 15 is 0 Å². The summed E-state index contributed by atoms with van der Waals surface area (Å²) >= 11 is 0. The number of anilines is 1. The van der Waals surface area contributed by atoms with E-state index < -0.39 is 6.09 Å². The molecule has 0 atom stereocenters. The van der Waals surface area contributed by atoms with Gasteiger partial charge in [-0.15, -0.1) is 5.10 Å². The van der Waals surface area contributed by atoms with Crippen LogP contribution in [0.2, 0.25) is 0 Å². The summed E-state index contributed by atoms with van der Waals surface area (Å²) in [5.41, 5.74) is 6.15. The quantitative estimate of drug-likeness (QED) is 0.818. The maximum absolute atomic E-state index is 11.9. The fourth-order valence-electron chi connectivity index (χ4n) is 2.25. The van der Waals surface area contributed by atoms with Gasteiger partial charge in [0.1, 0.15) is 5.78 Å². The molecule has 0 bridgehead atoms. The molecule has 0 aliphatic heterocycles. The first-order valence-corrected chi connectivity index (χ1v) is 7.10. The van der Waals surface area contributed by atoms with Crippen molar-refractivity contribution in [2.24, 2.45) is 18.7 Å². The van der Waals surface area contributed by atoms with Crippen LogP contribution in [0, 0.1) is 5.92 Å². The summed E-state index contributed by atoms with van der Waals surface area (Å²) in [6.07, 6.45) is 1.02. The number of primary amides is 1. The maximum atomic E-state index is 11.9. The number of rotatable bonds is 4. The number of nitrogens with one attached hydrogen (secondary N) is 1. The van der Waals surface area contributed by atoms with E-state index in [0.29, 0.717) is 11.4 Å². The van der Waals surface area contributed by atoms with Crippen LogP contribution in [-0.2, 0) is 16.6 Å². The summed E-state index contributed by atoms with van der Waals surface area (Å²) in [7, 11) is 1.54. The van der Waals surface area contributed by atoms with Crippen LogP contribution in [0.4, 0.5) is 10.5 Å². The van der Waals surface area contributed by atoms with Crippen molar-refractivity contribution >= 4 is 23.5 Å². The van der Waals surface area contributed by atoms with Gasteiger partial charge >= 0.3 is 6.09 Å². The number of ketones is 1. The molecular weight excluding hydrogens is 316 g/mol. The van der Waals surface area contributed by atoms with Crippen molar-refractivity contribution in [1.82, 2.24) is 20.0 Å². The summed E-state index contributed by atoms with van der Waals surface area (Å²) in [6.45, 7) is 0. The Labute approximate surface area is 136 Å². The molecule has 1 aliphatic rings. The van der Waals surface area contributed by atoms with Gasteiger partial charge in [-0.05, 0) is 12.1 Å². The summed E-state index contributed by atoms with van der Waals surface area (Å²) in [5, 5.41) is 10.3. The molecule has 0 saturated heterocycles. The Morgan fingerprint density at radius 2 is 2.12 bits per heavy atom. The van der Waals surface area contributed by atoms with Gasteiger partial charge in [0.05, 0.1) is 23.5 Å². The third-order valence-corrected chi connectivity index (χ3v) is 3.57. The van der Waals surface area contributed by atoms with Crippen molar-refractivity contribution in [1.29, 1.82) is 0 Å². The van der Waals surface area contributed by atoms with E-state index in [0.717, 1.165) is 0 Å². The summed E-state index contributed by atoms with van der Waals surface area (Å²) in [5.74, 6) is -0.317. The minimum atomic E-state index is -0.986. The van der Waals surface area contributed by atoms with Crippen LogP contribution >= 0.6 is 0 Å². The maximum Gasteiger partial charge on any atom is 0.411 e. The molecule has 10 heteroatoms. The van der Waals surface area contributed by atoms with E-state index in [1.54, 1.807) is 19.2 Å². The number of nitrogens with zero attached hydrogens (tertiary/aromatic N) is 4. The van der Waals surface area contributed by atoms with Gasteiger partial charge in [-0.1, -0.05) is 5.21 Å². The molecule has 124 valence electrons. The van der Waals surface area contributed by atoms with Gasteiger partial charge in [0, 0.05) is 19.9 Å². The number of pyridine rings is 1. The highest BCUT2D eigenvalue weighted by Crippen LogP contribution is 2.27. The number of nitrogens with two attached hydrogens (primary N) is 1. The number of amides is 2. The number of Topliss-reactive ketones (excluding diaryl/α,β-unsaturated/α-hetero) is 1. The van der Waals surface area contributed by atoms with Gasteiger partial charge in [-0.3, -0.25) is 14.6 Å². The van der Waals surface area contributed by atoms with Gasteiger partial charge in [-0.25, -0.2) is 9.48 Å². The van der Waals surface area contributed by atoms with E-state index in [9.17, 15) is 14.4 Å². The molecule has 3 rings (SSSR count). The lowest BCUT2D eigenvalue weighted by Crippen LogP contribution is -2.34. The Morgan fingerprint density at radius 3 is 2.71 bits per heavy atom. The average molecular weight is 330 g/mol. The zero-order valence-corrected chi connectivity index (χ0v) is 12.7. The molecule has 0 unspecified atom stereocenters. The largest absolute Gasteiger partial charge is 0.411 e. The van der Waals surface area contributed by atoms with Crippen molar-refractivity contribution in [3.63, 3.8) is 0 Å². The normalized spacial score (nSPS) is 14.1. The first-order chi connectivity index (χ1) is 11.4. The van der Waals surface area contributed by atoms with Gasteiger partial charge in [0.2, 0.25) is 5.91 Å². The second-order valence-corrected chi connectivity index (χ2v) is 5.35. The highest BCUT2D eigenvalue weighted by Gasteiger charge is 2.32.